The first-order valence-corrected chi connectivity index (χ1v) is 8.32. The van der Waals surface area contributed by atoms with E-state index in [-0.39, 0.29) is 0 Å². The predicted octanol–water partition coefficient (Wildman–Crippen LogP) is 7.07. The van der Waals surface area contributed by atoms with Crippen molar-refractivity contribution >= 4 is 81.2 Å². The van der Waals surface area contributed by atoms with Gasteiger partial charge in [-0.3, -0.25) is 0 Å². The van der Waals surface area contributed by atoms with Gasteiger partial charge in [-0.05, 0) is 23.5 Å². The van der Waals surface area contributed by atoms with Crippen LogP contribution >= 0.6 is 81.2 Å². The van der Waals surface area contributed by atoms with Gasteiger partial charge in [0.15, 0.2) is 4.33 Å². The Bertz CT molecular complexity index is 460. The molecule has 1 rings (SSSR count). The van der Waals surface area contributed by atoms with E-state index in [0.717, 1.165) is 5.56 Å². The number of benzene rings is 1. The van der Waals surface area contributed by atoms with Crippen molar-refractivity contribution in [2.24, 2.45) is 5.92 Å². The average Bonchev–Trinajstić information content (AvgIpc) is 2.26. The van der Waals surface area contributed by atoms with E-state index in [0.29, 0.717) is 11.5 Å². The molecule has 1 aromatic carbocycles. The summed E-state index contributed by atoms with van der Waals surface area (Å²) >= 11 is 42.1. The summed E-state index contributed by atoms with van der Waals surface area (Å²) in [6.45, 7) is 4.10. The van der Waals surface area contributed by atoms with Gasteiger partial charge >= 0.3 is 0 Å². The first kappa shape index (κ1) is 19.3. The first-order chi connectivity index (χ1) is 8.89. The standard InChI is InChI=1S/C13H12Cl7/c1-8(2)6-9-4-3-5-10(7-9)11(14,15)12(16,17)13(18,19)20/h3-8H,1-2H3. The molecule has 0 nitrogen and oxygen atoms in total. The smallest absolute Gasteiger partial charge is 0.0930 e. The topological polar surface area (TPSA) is 0 Å². The van der Waals surface area contributed by atoms with Gasteiger partial charge in [-0.15, -0.1) is 0 Å². The highest BCUT2D eigenvalue weighted by atomic mass is 35.6. The van der Waals surface area contributed by atoms with E-state index in [9.17, 15) is 0 Å². The summed E-state index contributed by atoms with van der Waals surface area (Å²) in [4.78, 5) is 0. The molecule has 0 aliphatic carbocycles. The third kappa shape index (κ3) is 4.16. The van der Waals surface area contributed by atoms with Gasteiger partial charge < -0.3 is 0 Å². The molecule has 0 saturated carbocycles. The zero-order valence-corrected chi connectivity index (χ0v) is 15.9. The number of hydrogen-bond donors (Lipinski definition) is 0. The van der Waals surface area contributed by atoms with Crippen LogP contribution in [-0.2, 0) is 4.33 Å². The van der Waals surface area contributed by atoms with Crippen LogP contribution in [0.3, 0.4) is 0 Å². The molecule has 1 aromatic rings. The molecule has 0 unspecified atom stereocenters. The maximum atomic E-state index is 6.28. The van der Waals surface area contributed by atoms with Crippen molar-refractivity contribution in [1.29, 1.82) is 0 Å². The summed E-state index contributed by atoms with van der Waals surface area (Å²) < 4.78 is -5.87. The van der Waals surface area contributed by atoms with Gasteiger partial charge in [0.05, 0.1) is 0 Å². The highest BCUT2D eigenvalue weighted by molar-refractivity contribution is 6.78. The minimum atomic E-state index is -2.06. The molecule has 0 aliphatic heterocycles. The minimum Gasteiger partial charge on any atom is -0.0930 e. The summed E-state index contributed by atoms with van der Waals surface area (Å²) in [5.41, 5.74) is 1.38. The Morgan fingerprint density at radius 2 is 1.50 bits per heavy atom. The average molecular weight is 416 g/mol. The molecule has 0 amide bonds. The van der Waals surface area contributed by atoms with Crippen LogP contribution in [0.1, 0.15) is 25.0 Å². The third-order valence-corrected chi connectivity index (χ3v) is 6.48. The minimum absolute atomic E-state index is 0.357. The number of hydrogen-bond acceptors (Lipinski definition) is 0. The van der Waals surface area contributed by atoms with Crippen LogP contribution in [0, 0.1) is 12.3 Å². The fourth-order valence-electron chi connectivity index (χ4n) is 1.58. The fourth-order valence-corrected chi connectivity index (χ4v) is 3.03. The molecule has 0 atom stereocenters. The number of rotatable bonds is 4. The van der Waals surface area contributed by atoms with Crippen LogP contribution in [-0.4, -0.2) is 8.13 Å². The van der Waals surface area contributed by atoms with Crippen LogP contribution in [0.2, 0.25) is 0 Å². The van der Waals surface area contributed by atoms with Crippen LogP contribution in [0.15, 0.2) is 24.3 Å². The van der Waals surface area contributed by atoms with Crippen LogP contribution in [0.25, 0.3) is 0 Å². The Morgan fingerprint density at radius 3 is 1.95 bits per heavy atom. The molecule has 0 N–H and O–H groups in total. The van der Waals surface area contributed by atoms with E-state index in [4.69, 9.17) is 81.2 Å². The Balaban J connectivity index is 3.22. The van der Waals surface area contributed by atoms with Gasteiger partial charge in [0.1, 0.15) is 0 Å². The van der Waals surface area contributed by atoms with Gasteiger partial charge in [-0.1, -0.05) is 119 Å². The number of halogens is 7. The van der Waals surface area contributed by atoms with Crippen molar-refractivity contribution in [3.8, 4) is 0 Å². The van der Waals surface area contributed by atoms with E-state index in [1.807, 2.05) is 12.5 Å². The Hall–Kier alpha value is 1.25. The van der Waals surface area contributed by atoms with E-state index in [1.54, 1.807) is 18.2 Å². The van der Waals surface area contributed by atoms with Gasteiger partial charge in [0, 0.05) is 0 Å². The van der Waals surface area contributed by atoms with Gasteiger partial charge in [0.25, 0.3) is 0 Å². The molecule has 20 heavy (non-hydrogen) atoms. The van der Waals surface area contributed by atoms with Crippen LogP contribution in [0.4, 0.5) is 0 Å². The van der Waals surface area contributed by atoms with Crippen molar-refractivity contribution in [3.63, 3.8) is 0 Å². The third-order valence-electron chi connectivity index (χ3n) is 2.53. The molecule has 0 bridgehead atoms. The Kier molecular flexibility index (Phi) is 6.55. The molecule has 0 aliphatic rings. The van der Waals surface area contributed by atoms with Crippen molar-refractivity contribution in [2.75, 3.05) is 0 Å². The van der Waals surface area contributed by atoms with Gasteiger partial charge in [0.2, 0.25) is 8.13 Å². The highest BCUT2D eigenvalue weighted by Crippen LogP contribution is 2.60. The zero-order valence-electron chi connectivity index (χ0n) is 10.6. The maximum absolute atomic E-state index is 6.28. The Morgan fingerprint density at radius 1 is 0.950 bits per heavy atom. The largest absolute Gasteiger partial charge is 0.226 e. The summed E-state index contributed by atoms with van der Waals surface area (Å²) in [5, 5.41) is 0. The normalized spacial score (nSPS) is 13.9. The summed E-state index contributed by atoms with van der Waals surface area (Å²) in [7, 11) is 0. The predicted molar refractivity (Wildman–Crippen MR) is 92.8 cm³/mol. The van der Waals surface area contributed by atoms with Crippen molar-refractivity contribution in [3.05, 3.63) is 41.8 Å². The van der Waals surface area contributed by atoms with Gasteiger partial charge in [-0.2, -0.15) is 0 Å². The summed E-state index contributed by atoms with van der Waals surface area (Å²) in [5.74, 6) is 0.357. The second kappa shape index (κ2) is 6.79. The van der Waals surface area contributed by atoms with Crippen molar-refractivity contribution in [2.45, 2.75) is 26.3 Å². The van der Waals surface area contributed by atoms with E-state index in [2.05, 4.69) is 13.8 Å². The quantitative estimate of drug-likeness (QED) is 0.461. The molecule has 0 spiro atoms. The molecule has 0 saturated heterocycles. The lowest BCUT2D eigenvalue weighted by Crippen LogP contribution is -2.45. The van der Waals surface area contributed by atoms with E-state index in [1.165, 1.54) is 0 Å². The summed E-state index contributed by atoms with van der Waals surface area (Å²) in [6, 6.07) is 7.13. The highest BCUT2D eigenvalue weighted by Gasteiger charge is 2.60. The molecule has 0 aromatic heterocycles. The molecule has 7 heteroatoms. The first-order valence-electron chi connectivity index (χ1n) is 5.67. The van der Waals surface area contributed by atoms with Crippen LogP contribution in [0.5, 0.6) is 0 Å². The molecule has 0 fully saturated rings. The number of alkyl halides is 7. The molecule has 0 heterocycles. The summed E-state index contributed by atoms with van der Waals surface area (Å²) in [6.07, 6.45) is 2.03. The zero-order chi connectivity index (χ0) is 15.8. The lowest BCUT2D eigenvalue weighted by Gasteiger charge is -2.38. The molecular formula is C13H12Cl7. The van der Waals surface area contributed by atoms with Crippen molar-refractivity contribution < 1.29 is 0 Å². The van der Waals surface area contributed by atoms with Crippen molar-refractivity contribution in [1.82, 2.24) is 0 Å². The van der Waals surface area contributed by atoms with Gasteiger partial charge in [-0.25, -0.2) is 0 Å². The lowest BCUT2D eigenvalue weighted by atomic mass is 9.99. The molecular weight excluding hydrogens is 404 g/mol. The lowest BCUT2D eigenvalue weighted by molar-refractivity contribution is 0.697. The maximum Gasteiger partial charge on any atom is 0.226 e. The monoisotopic (exact) mass is 413 g/mol. The second-order valence-corrected chi connectivity index (χ2v) is 9.62. The second-order valence-electron chi connectivity index (χ2n) is 4.68. The van der Waals surface area contributed by atoms with E-state index < -0.39 is 12.5 Å². The van der Waals surface area contributed by atoms with E-state index >= 15 is 0 Å². The SMILES string of the molecule is CC(C)[CH]c1cccc(C(Cl)(Cl)C(Cl)(Cl)C(Cl)(Cl)Cl)c1. The molecule has 113 valence electrons. The molecule has 1 radical (unpaired) electrons. The fraction of sp³-hybridized carbons (Fsp3) is 0.462. The van der Waals surface area contributed by atoms with Crippen LogP contribution < -0.4 is 0 Å². The Labute approximate surface area is 154 Å².